The van der Waals surface area contributed by atoms with E-state index in [0.29, 0.717) is 0 Å². The van der Waals surface area contributed by atoms with Gasteiger partial charge < -0.3 is 9.73 Å². The van der Waals surface area contributed by atoms with Gasteiger partial charge in [-0.1, -0.05) is 0 Å². The summed E-state index contributed by atoms with van der Waals surface area (Å²) < 4.78 is 6.30. The Morgan fingerprint density at radius 1 is 1.54 bits per heavy atom. The maximum atomic E-state index is 5.37. The molecule has 1 heterocycles. The van der Waals surface area contributed by atoms with Crippen LogP contribution < -0.4 is 5.32 Å². The highest BCUT2D eigenvalue weighted by Crippen LogP contribution is 2.09. The van der Waals surface area contributed by atoms with E-state index in [1.807, 2.05) is 12.1 Å². The van der Waals surface area contributed by atoms with Crippen LogP contribution in [0, 0.1) is 16.1 Å². The average molecular weight is 289 g/mol. The van der Waals surface area contributed by atoms with Crippen molar-refractivity contribution in [3.05, 3.63) is 21.7 Å². The molecule has 0 aliphatic carbocycles. The quantitative estimate of drug-likeness (QED) is 0.511. The van der Waals surface area contributed by atoms with E-state index in [-0.39, 0.29) is 0 Å². The Kier molecular flexibility index (Phi) is 4.94. The predicted molar refractivity (Wildman–Crippen MR) is 61.2 cm³/mol. The molecule has 0 aliphatic rings. The minimum Gasteiger partial charge on any atom is -0.454 e. The summed E-state index contributed by atoms with van der Waals surface area (Å²) in [4.78, 5) is 0. The fourth-order valence-corrected chi connectivity index (χ4v) is 1.44. The van der Waals surface area contributed by atoms with Gasteiger partial charge in [0.15, 0.2) is 3.77 Å². The zero-order valence-corrected chi connectivity index (χ0v) is 9.50. The normalized spacial score (nSPS) is 9.85. The SMILES string of the molecule is C#CCCCNCc1ccc(I)o1. The van der Waals surface area contributed by atoms with Gasteiger partial charge in [0.2, 0.25) is 0 Å². The number of terminal acetylenes is 1. The predicted octanol–water partition coefficient (Wildman–Crippen LogP) is 2.39. The number of halogens is 1. The van der Waals surface area contributed by atoms with Crippen molar-refractivity contribution in [2.45, 2.75) is 19.4 Å². The second-order valence-corrected chi connectivity index (χ2v) is 3.75. The van der Waals surface area contributed by atoms with E-state index in [1.165, 1.54) is 0 Å². The fourth-order valence-electron chi connectivity index (χ4n) is 0.974. The van der Waals surface area contributed by atoms with Crippen molar-refractivity contribution in [3.63, 3.8) is 0 Å². The van der Waals surface area contributed by atoms with E-state index < -0.39 is 0 Å². The first-order valence-corrected chi connectivity index (χ1v) is 5.29. The summed E-state index contributed by atoms with van der Waals surface area (Å²) in [5, 5.41) is 3.26. The van der Waals surface area contributed by atoms with E-state index in [4.69, 9.17) is 10.8 Å². The largest absolute Gasteiger partial charge is 0.454 e. The van der Waals surface area contributed by atoms with Gasteiger partial charge in [-0.05, 0) is 47.7 Å². The molecule has 0 atom stereocenters. The smallest absolute Gasteiger partial charge is 0.164 e. The Morgan fingerprint density at radius 2 is 2.38 bits per heavy atom. The molecule has 1 aromatic rings. The van der Waals surface area contributed by atoms with Crippen molar-refractivity contribution in [2.75, 3.05) is 6.54 Å². The van der Waals surface area contributed by atoms with Crippen molar-refractivity contribution in [1.29, 1.82) is 0 Å². The zero-order valence-electron chi connectivity index (χ0n) is 7.35. The third kappa shape index (κ3) is 4.34. The molecular weight excluding hydrogens is 277 g/mol. The minimum atomic E-state index is 0.785. The summed E-state index contributed by atoms with van der Waals surface area (Å²) in [7, 11) is 0. The Hall–Kier alpha value is -0.470. The van der Waals surface area contributed by atoms with E-state index in [0.717, 1.165) is 35.5 Å². The summed E-state index contributed by atoms with van der Waals surface area (Å²) in [6.45, 7) is 1.73. The molecule has 0 spiro atoms. The van der Waals surface area contributed by atoms with Gasteiger partial charge in [0, 0.05) is 6.42 Å². The van der Waals surface area contributed by atoms with Gasteiger partial charge in [0.1, 0.15) is 5.76 Å². The lowest BCUT2D eigenvalue weighted by molar-refractivity contribution is 0.462. The van der Waals surface area contributed by atoms with E-state index in [2.05, 4.69) is 33.8 Å². The Morgan fingerprint density at radius 3 is 3.00 bits per heavy atom. The molecule has 1 aromatic heterocycles. The third-order valence-electron chi connectivity index (χ3n) is 1.60. The van der Waals surface area contributed by atoms with Crippen molar-refractivity contribution < 1.29 is 4.42 Å². The molecule has 0 bridgehead atoms. The molecule has 70 valence electrons. The van der Waals surface area contributed by atoms with Crippen molar-refractivity contribution in [3.8, 4) is 12.3 Å². The lowest BCUT2D eigenvalue weighted by Crippen LogP contribution is -2.13. The van der Waals surface area contributed by atoms with Crippen LogP contribution in [0.25, 0.3) is 0 Å². The molecular formula is C10H12INO. The van der Waals surface area contributed by atoms with Crippen molar-refractivity contribution in [1.82, 2.24) is 5.32 Å². The third-order valence-corrected chi connectivity index (χ3v) is 2.18. The maximum Gasteiger partial charge on any atom is 0.164 e. The number of rotatable bonds is 5. The standard InChI is InChI=1S/C10H12INO/c1-2-3-4-7-12-8-9-5-6-10(11)13-9/h1,5-6,12H,3-4,7-8H2. The molecule has 3 heteroatoms. The van der Waals surface area contributed by atoms with Crippen LogP contribution in [0.15, 0.2) is 16.5 Å². The van der Waals surface area contributed by atoms with Crippen molar-refractivity contribution >= 4 is 22.6 Å². The second kappa shape index (κ2) is 6.06. The first-order chi connectivity index (χ1) is 6.33. The van der Waals surface area contributed by atoms with Gasteiger partial charge in [0.05, 0.1) is 6.54 Å². The van der Waals surface area contributed by atoms with Crippen LogP contribution in [0.5, 0.6) is 0 Å². The monoisotopic (exact) mass is 289 g/mol. The first-order valence-electron chi connectivity index (χ1n) is 4.21. The maximum absolute atomic E-state index is 5.37. The molecule has 0 aromatic carbocycles. The highest BCUT2D eigenvalue weighted by molar-refractivity contribution is 14.1. The van der Waals surface area contributed by atoms with Crippen LogP contribution in [0.1, 0.15) is 18.6 Å². The molecule has 13 heavy (non-hydrogen) atoms. The van der Waals surface area contributed by atoms with Gasteiger partial charge >= 0.3 is 0 Å². The fraction of sp³-hybridized carbons (Fsp3) is 0.400. The molecule has 1 rings (SSSR count). The highest BCUT2D eigenvalue weighted by Gasteiger charge is 1.97. The molecule has 0 radical (unpaired) electrons. The summed E-state index contributed by atoms with van der Waals surface area (Å²) in [5.41, 5.74) is 0. The number of unbranched alkanes of at least 4 members (excludes halogenated alkanes) is 1. The van der Waals surface area contributed by atoms with Crippen LogP contribution >= 0.6 is 22.6 Å². The van der Waals surface area contributed by atoms with Gasteiger partial charge in [-0.25, -0.2) is 0 Å². The average Bonchev–Trinajstić information content (AvgIpc) is 2.51. The molecule has 0 saturated carbocycles. The van der Waals surface area contributed by atoms with E-state index in [1.54, 1.807) is 0 Å². The molecule has 1 N–H and O–H groups in total. The molecule has 0 fully saturated rings. The lowest BCUT2D eigenvalue weighted by atomic mass is 10.3. The van der Waals surface area contributed by atoms with Crippen LogP contribution in [-0.2, 0) is 6.54 Å². The van der Waals surface area contributed by atoms with E-state index in [9.17, 15) is 0 Å². The Labute approximate surface area is 92.2 Å². The molecule has 0 saturated heterocycles. The first kappa shape index (κ1) is 10.6. The lowest BCUT2D eigenvalue weighted by Gasteiger charge is -1.99. The topological polar surface area (TPSA) is 25.2 Å². The summed E-state index contributed by atoms with van der Waals surface area (Å²) in [6, 6.07) is 3.94. The van der Waals surface area contributed by atoms with Crippen LogP contribution in [0.2, 0.25) is 0 Å². The number of furan rings is 1. The van der Waals surface area contributed by atoms with Gasteiger partial charge in [-0.3, -0.25) is 0 Å². The second-order valence-electron chi connectivity index (χ2n) is 2.69. The van der Waals surface area contributed by atoms with Crippen LogP contribution in [0.4, 0.5) is 0 Å². The van der Waals surface area contributed by atoms with Gasteiger partial charge in [-0.15, -0.1) is 12.3 Å². The van der Waals surface area contributed by atoms with Crippen molar-refractivity contribution in [2.24, 2.45) is 0 Å². The van der Waals surface area contributed by atoms with Crippen LogP contribution in [0.3, 0.4) is 0 Å². The van der Waals surface area contributed by atoms with Crippen LogP contribution in [-0.4, -0.2) is 6.54 Å². The molecule has 2 nitrogen and oxygen atoms in total. The highest BCUT2D eigenvalue weighted by atomic mass is 127. The van der Waals surface area contributed by atoms with Gasteiger partial charge in [-0.2, -0.15) is 0 Å². The summed E-state index contributed by atoms with van der Waals surface area (Å²) >= 11 is 2.15. The number of hydrogen-bond acceptors (Lipinski definition) is 2. The number of hydrogen-bond donors (Lipinski definition) is 1. The van der Waals surface area contributed by atoms with E-state index >= 15 is 0 Å². The van der Waals surface area contributed by atoms with Gasteiger partial charge in [0.25, 0.3) is 0 Å². The molecule has 0 unspecified atom stereocenters. The Balaban J connectivity index is 2.10. The Bertz CT molecular complexity index is 287. The zero-order chi connectivity index (χ0) is 9.52. The summed E-state index contributed by atoms with van der Waals surface area (Å²) in [5.74, 6) is 3.58. The minimum absolute atomic E-state index is 0.785. The molecule has 0 amide bonds. The number of nitrogens with one attached hydrogen (secondary N) is 1. The molecule has 0 aliphatic heterocycles. The summed E-state index contributed by atoms with van der Waals surface area (Å²) in [6.07, 6.45) is 6.99.